The van der Waals surface area contributed by atoms with Crippen LogP contribution in [0.15, 0.2) is 54.6 Å². The third kappa shape index (κ3) is 3.17. The van der Waals surface area contributed by atoms with Crippen LogP contribution < -0.4 is 5.32 Å². The Morgan fingerprint density at radius 1 is 0.913 bits per heavy atom. The van der Waals surface area contributed by atoms with Gasteiger partial charge in [0.15, 0.2) is 0 Å². The van der Waals surface area contributed by atoms with Gasteiger partial charge >= 0.3 is 0 Å². The Kier molecular flexibility index (Phi) is 3.90. The Labute approximate surface area is 137 Å². The van der Waals surface area contributed by atoms with Gasteiger partial charge in [-0.2, -0.15) is 0 Å². The number of benzene rings is 2. The molecule has 0 saturated heterocycles. The lowest BCUT2D eigenvalue weighted by atomic mass is 9.86. The van der Waals surface area contributed by atoms with E-state index in [2.05, 4.69) is 29.6 Å². The van der Waals surface area contributed by atoms with Crippen LogP contribution in [-0.4, -0.2) is 5.91 Å². The molecule has 0 heterocycles. The molecule has 2 aliphatic rings. The maximum absolute atomic E-state index is 12.3. The molecule has 2 saturated carbocycles. The lowest BCUT2D eigenvalue weighted by Gasteiger charge is -2.20. The van der Waals surface area contributed by atoms with Gasteiger partial charge in [-0.15, -0.1) is 0 Å². The Balaban J connectivity index is 1.36. The smallest absolute Gasteiger partial charge is 0.224 e. The van der Waals surface area contributed by atoms with Gasteiger partial charge in [0.1, 0.15) is 0 Å². The monoisotopic (exact) mass is 305 g/mol. The zero-order valence-electron chi connectivity index (χ0n) is 13.4. The van der Waals surface area contributed by atoms with Crippen molar-refractivity contribution in [2.45, 2.75) is 32.1 Å². The van der Waals surface area contributed by atoms with Crippen LogP contribution in [0.1, 0.15) is 32.1 Å². The molecule has 3 atom stereocenters. The summed E-state index contributed by atoms with van der Waals surface area (Å²) in [5, 5.41) is 3.07. The third-order valence-electron chi connectivity index (χ3n) is 5.61. The molecule has 1 N–H and O–H groups in total. The van der Waals surface area contributed by atoms with E-state index < -0.39 is 0 Å². The highest BCUT2D eigenvalue weighted by molar-refractivity contribution is 5.91. The number of fused-ring (bicyclic) bond motifs is 2. The van der Waals surface area contributed by atoms with E-state index in [1.54, 1.807) is 0 Å². The summed E-state index contributed by atoms with van der Waals surface area (Å²) in [5.74, 6) is 2.52. The molecule has 0 aromatic heterocycles. The average Bonchev–Trinajstić information content (AvgIpc) is 3.19. The van der Waals surface area contributed by atoms with Crippen molar-refractivity contribution in [2.75, 3.05) is 5.32 Å². The van der Waals surface area contributed by atoms with Gasteiger partial charge in [0.05, 0.1) is 0 Å². The van der Waals surface area contributed by atoms with Gasteiger partial charge < -0.3 is 5.32 Å². The molecule has 0 aliphatic heterocycles. The van der Waals surface area contributed by atoms with E-state index >= 15 is 0 Å². The third-order valence-corrected chi connectivity index (χ3v) is 5.61. The molecule has 2 aromatic carbocycles. The number of amides is 1. The topological polar surface area (TPSA) is 29.1 Å². The molecular weight excluding hydrogens is 282 g/mol. The molecule has 2 heteroatoms. The first-order valence-corrected chi connectivity index (χ1v) is 8.73. The zero-order chi connectivity index (χ0) is 15.6. The summed E-state index contributed by atoms with van der Waals surface area (Å²) in [6.45, 7) is 0. The second-order valence-electron chi connectivity index (χ2n) is 7.13. The number of carbonyl (C=O) groups excluding carboxylic acids is 1. The predicted molar refractivity (Wildman–Crippen MR) is 94.1 cm³/mol. The van der Waals surface area contributed by atoms with Crippen LogP contribution in [0.2, 0.25) is 0 Å². The van der Waals surface area contributed by atoms with Gasteiger partial charge in [-0.1, -0.05) is 48.9 Å². The highest BCUT2D eigenvalue weighted by Crippen LogP contribution is 2.49. The fourth-order valence-corrected chi connectivity index (χ4v) is 4.45. The summed E-state index contributed by atoms with van der Waals surface area (Å²) in [5.41, 5.74) is 3.28. The maximum Gasteiger partial charge on any atom is 0.224 e. The van der Waals surface area contributed by atoms with Gasteiger partial charge in [-0.05, 0) is 60.3 Å². The van der Waals surface area contributed by atoms with Crippen molar-refractivity contribution in [3.8, 4) is 11.1 Å². The molecule has 118 valence electrons. The molecule has 1 amide bonds. The van der Waals surface area contributed by atoms with Crippen LogP contribution in [0.5, 0.6) is 0 Å². The van der Waals surface area contributed by atoms with Crippen molar-refractivity contribution < 1.29 is 4.79 Å². The van der Waals surface area contributed by atoms with Gasteiger partial charge in [-0.3, -0.25) is 4.79 Å². The normalized spacial score (nSPS) is 25.5. The van der Waals surface area contributed by atoms with Crippen molar-refractivity contribution in [2.24, 2.45) is 17.8 Å². The highest BCUT2D eigenvalue weighted by atomic mass is 16.1. The molecule has 2 aromatic rings. The van der Waals surface area contributed by atoms with E-state index in [4.69, 9.17) is 0 Å². The summed E-state index contributed by atoms with van der Waals surface area (Å²) in [4.78, 5) is 12.3. The molecule has 0 spiro atoms. The number of nitrogens with one attached hydrogen (secondary N) is 1. The van der Waals surface area contributed by atoms with Crippen molar-refractivity contribution in [3.63, 3.8) is 0 Å². The van der Waals surface area contributed by atoms with Crippen molar-refractivity contribution in [1.82, 2.24) is 0 Å². The first-order valence-electron chi connectivity index (χ1n) is 8.73. The van der Waals surface area contributed by atoms with Crippen molar-refractivity contribution in [1.29, 1.82) is 0 Å². The fraction of sp³-hybridized carbons (Fsp3) is 0.381. The Morgan fingerprint density at radius 2 is 1.65 bits per heavy atom. The molecule has 2 aliphatic carbocycles. The molecule has 0 radical (unpaired) electrons. The summed E-state index contributed by atoms with van der Waals surface area (Å²) in [6, 6.07) is 18.5. The lowest BCUT2D eigenvalue weighted by molar-refractivity contribution is -0.117. The first-order chi connectivity index (χ1) is 11.3. The zero-order valence-corrected chi connectivity index (χ0v) is 13.4. The summed E-state index contributed by atoms with van der Waals surface area (Å²) < 4.78 is 0. The molecule has 2 fully saturated rings. The molecule has 4 rings (SSSR count). The summed E-state index contributed by atoms with van der Waals surface area (Å²) in [7, 11) is 0. The molecule has 2 bridgehead atoms. The second-order valence-corrected chi connectivity index (χ2v) is 7.13. The molecule has 2 nitrogen and oxygen atoms in total. The lowest BCUT2D eigenvalue weighted by Crippen LogP contribution is -2.20. The number of rotatable bonds is 4. The largest absolute Gasteiger partial charge is 0.326 e. The number of hydrogen-bond donors (Lipinski definition) is 1. The fourth-order valence-electron chi connectivity index (χ4n) is 4.45. The van der Waals surface area contributed by atoms with Crippen LogP contribution >= 0.6 is 0 Å². The minimum Gasteiger partial charge on any atom is -0.326 e. The number of carbonyl (C=O) groups is 1. The van der Waals surface area contributed by atoms with Crippen LogP contribution in [0.4, 0.5) is 5.69 Å². The van der Waals surface area contributed by atoms with Crippen LogP contribution in [0, 0.1) is 17.8 Å². The van der Waals surface area contributed by atoms with Gasteiger partial charge in [0.25, 0.3) is 0 Å². The minimum atomic E-state index is 0.176. The quantitative estimate of drug-likeness (QED) is 0.834. The summed E-state index contributed by atoms with van der Waals surface area (Å²) in [6.07, 6.45) is 6.06. The highest BCUT2D eigenvalue weighted by Gasteiger charge is 2.40. The van der Waals surface area contributed by atoms with E-state index in [-0.39, 0.29) is 5.91 Å². The van der Waals surface area contributed by atoms with Crippen LogP contribution in [-0.2, 0) is 4.79 Å². The molecule has 23 heavy (non-hydrogen) atoms. The maximum atomic E-state index is 12.3. The summed E-state index contributed by atoms with van der Waals surface area (Å²) >= 11 is 0. The van der Waals surface area contributed by atoms with E-state index in [0.29, 0.717) is 12.3 Å². The van der Waals surface area contributed by atoms with Crippen LogP contribution in [0.25, 0.3) is 11.1 Å². The second kappa shape index (κ2) is 6.19. The minimum absolute atomic E-state index is 0.176. The van der Waals surface area contributed by atoms with Gasteiger partial charge in [0.2, 0.25) is 5.91 Å². The van der Waals surface area contributed by atoms with Gasteiger partial charge in [-0.25, -0.2) is 0 Å². The number of anilines is 1. The number of hydrogen-bond acceptors (Lipinski definition) is 1. The molecule has 0 unspecified atom stereocenters. The van der Waals surface area contributed by atoms with E-state index in [9.17, 15) is 4.79 Å². The first kappa shape index (κ1) is 14.5. The van der Waals surface area contributed by atoms with Crippen molar-refractivity contribution >= 4 is 11.6 Å². The van der Waals surface area contributed by atoms with Crippen molar-refractivity contribution in [3.05, 3.63) is 54.6 Å². The Bertz CT molecular complexity index is 677. The average molecular weight is 305 g/mol. The predicted octanol–water partition coefficient (Wildman–Crippen LogP) is 5.12. The van der Waals surface area contributed by atoms with E-state index in [1.807, 2.05) is 30.3 Å². The molecular formula is C21H23NO. The van der Waals surface area contributed by atoms with Gasteiger partial charge in [0, 0.05) is 12.1 Å². The standard InChI is InChI=1S/C21H23NO/c23-21(14-19-13-15-6-7-18(19)12-15)22-20-10-8-17(9-11-20)16-4-2-1-3-5-16/h1-5,8-11,15,18-19H,6-7,12-14H2,(H,22,23)/t15-,18+,19+/m0/s1. The SMILES string of the molecule is O=C(C[C@H]1C[C@H]2CC[C@@H]1C2)Nc1ccc(-c2ccccc2)cc1. The Morgan fingerprint density at radius 3 is 2.30 bits per heavy atom. The van der Waals surface area contributed by atoms with E-state index in [1.165, 1.54) is 36.8 Å². The van der Waals surface area contributed by atoms with Crippen LogP contribution in [0.3, 0.4) is 0 Å². The van der Waals surface area contributed by atoms with E-state index in [0.717, 1.165) is 17.5 Å². The Hall–Kier alpha value is -2.09.